The predicted molar refractivity (Wildman–Crippen MR) is 57.1 cm³/mol. The summed E-state index contributed by atoms with van der Waals surface area (Å²) in [6.45, 7) is 0. The van der Waals surface area contributed by atoms with E-state index in [2.05, 4.69) is 12.1 Å². The maximum Gasteiger partial charge on any atom is 1.00 e. The second kappa shape index (κ2) is 2.69. The van der Waals surface area contributed by atoms with Crippen LogP contribution < -0.4 is 0 Å². The fourth-order valence-corrected chi connectivity index (χ4v) is 2.13. The smallest absolute Gasteiger partial charge is 0.384 e. The van der Waals surface area contributed by atoms with Crippen molar-refractivity contribution >= 4 is 0 Å². The van der Waals surface area contributed by atoms with Gasteiger partial charge in [0.15, 0.2) is 0 Å². The Bertz CT molecular complexity index is 448. The molecule has 0 spiro atoms. The van der Waals surface area contributed by atoms with Gasteiger partial charge in [-0.1, -0.05) is 48.5 Å². The van der Waals surface area contributed by atoms with Crippen LogP contribution in [0.3, 0.4) is 0 Å². The monoisotopic (exact) mass is 183 g/mol. The molecule has 14 heavy (non-hydrogen) atoms. The number of aliphatic hydroxyl groups excluding tert-OH is 1. The van der Waals surface area contributed by atoms with E-state index in [1.807, 2.05) is 36.4 Å². The zero-order chi connectivity index (χ0) is 9.54. The number of hydrogen-bond donors (Lipinski definition) is 1. The first kappa shape index (κ1) is 7.77. The van der Waals surface area contributed by atoms with Crippen LogP contribution in [0.5, 0.6) is 0 Å². The third-order valence-electron chi connectivity index (χ3n) is 2.80. The highest BCUT2D eigenvalue weighted by atomic mass is 16.3. The van der Waals surface area contributed by atoms with Crippen LogP contribution in [0.2, 0.25) is 0 Å². The molecule has 0 saturated heterocycles. The van der Waals surface area contributed by atoms with Crippen molar-refractivity contribution in [1.29, 1.82) is 0 Å². The highest BCUT2D eigenvalue weighted by Gasteiger charge is 2.25. The molecular weight excluding hydrogens is 172 g/mol. The molecule has 0 saturated carbocycles. The van der Waals surface area contributed by atoms with E-state index in [0.717, 1.165) is 22.3 Å². The van der Waals surface area contributed by atoms with E-state index in [1.165, 1.54) is 0 Å². The third kappa shape index (κ3) is 0.875. The molecule has 0 fully saturated rings. The van der Waals surface area contributed by atoms with E-state index in [4.69, 9.17) is 0 Å². The summed E-state index contributed by atoms with van der Waals surface area (Å²) in [6, 6.07) is 16.0. The number of aliphatic hydroxyl groups is 1. The molecule has 2 aromatic rings. The van der Waals surface area contributed by atoms with Crippen molar-refractivity contribution in [3.8, 4) is 11.1 Å². The van der Waals surface area contributed by atoms with Crippen LogP contribution in [0, 0.1) is 0 Å². The van der Waals surface area contributed by atoms with Gasteiger partial charge in [-0.25, -0.2) is 0 Å². The van der Waals surface area contributed by atoms with Crippen molar-refractivity contribution in [1.82, 2.24) is 0 Å². The standard InChI is InChI=1S/C13H10O/c14-13-11-7-3-1-5-9(11)10-6-2-4-8-12(10)13/h1-8,13-14H/p+1. The molecule has 1 heteroatoms. The molecule has 0 heterocycles. The van der Waals surface area contributed by atoms with Gasteiger partial charge in [0.1, 0.15) is 6.10 Å². The molecule has 0 aliphatic heterocycles. The Balaban J connectivity index is 0.000000853. The molecule has 2 aromatic carbocycles. The fraction of sp³-hybridized carbons (Fsp3) is 0.0769. The van der Waals surface area contributed by atoms with Crippen LogP contribution in [0.4, 0.5) is 0 Å². The minimum atomic E-state index is -0.442. The zero-order valence-corrected chi connectivity index (χ0v) is 7.64. The van der Waals surface area contributed by atoms with Gasteiger partial charge in [0.05, 0.1) is 0 Å². The van der Waals surface area contributed by atoms with Crippen molar-refractivity contribution in [2.45, 2.75) is 6.10 Å². The maximum absolute atomic E-state index is 10.0. The van der Waals surface area contributed by atoms with Crippen LogP contribution >= 0.6 is 0 Å². The topological polar surface area (TPSA) is 20.2 Å². The van der Waals surface area contributed by atoms with Gasteiger partial charge in [0.2, 0.25) is 0 Å². The van der Waals surface area contributed by atoms with E-state index in [9.17, 15) is 5.11 Å². The van der Waals surface area contributed by atoms with E-state index in [0.29, 0.717) is 0 Å². The van der Waals surface area contributed by atoms with Gasteiger partial charge in [-0.05, 0) is 22.3 Å². The van der Waals surface area contributed by atoms with E-state index < -0.39 is 6.10 Å². The second-order valence-corrected chi connectivity index (χ2v) is 3.58. The highest BCUT2D eigenvalue weighted by Crippen LogP contribution is 2.42. The van der Waals surface area contributed by atoms with Crippen LogP contribution in [-0.4, -0.2) is 5.11 Å². The second-order valence-electron chi connectivity index (χ2n) is 3.58. The number of fused-ring (bicyclic) bond motifs is 3. The molecule has 1 aliphatic carbocycles. The Morgan fingerprint density at radius 1 is 0.786 bits per heavy atom. The van der Waals surface area contributed by atoms with Crippen molar-refractivity contribution in [2.75, 3.05) is 0 Å². The molecule has 0 unspecified atom stereocenters. The Morgan fingerprint density at radius 3 is 1.71 bits per heavy atom. The lowest BCUT2D eigenvalue weighted by molar-refractivity contribution is 0.225. The van der Waals surface area contributed by atoms with Gasteiger partial charge in [0, 0.05) is 0 Å². The highest BCUT2D eigenvalue weighted by molar-refractivity contribution is 5.77. The molecule has 0 aromatic heterocycles. The maximum atomic E-state index is 10.0. The summed E-state index contributed by atoms with van der Waals surface area (Å²) in [5.41, 5.74) is 4.37. The Morgan fingerprint density at radius 2 is 1.21 bits per heavy atom. The van der Waals surface area contributed by atoms with Crippen molar-refractivity contribution in [3.63, 3.8) is 0 Å². The molecular formula is C13H11O+. The predicted octanol–water partition coefficient (Wildman–Crippen LogP) is 2.86. The molecule has 0 atom stereocenters. The summed E-state index contributed by atoms with van der Waals surface area (Å²) in [6.07, 6.45) is -0.442. The Hall–Kier alpha value is -1.60. The molecule has 1 aliphatic rings. The molecule has 1 nitrogen and oxygen atoms in total. The van der Waals surface area contributed by atoms with Gasteiger partial charge in [-0.3, -0.25) is 0 Å². The first-order chi connectivity index (χ1) is 6.88. The largest absolute Gasteiger partial charge is 1.00 e. The minimum Gasteiger partial charge on any atom is -0.384 e. The minimum absolute atomic E-state index is 0. The van der Waals surface area contributed by atoms with Gasteiger partial charge < -0.3 is 5.11 Å². The summed E-state index contributed by atoms with van der Waals surface area (Å²) < 4.78 is 0. The number of hydrogen-bond acceptors (Lipinski definition) is 1. The SMILES string of the molecule is OC1c2ccccc2-c2ccccc21.[H+]. The lowest BCUT2D eigenvalue weighted by Gasteiger charge is -2.03. The van der Waals surface area contributed by atoms with Gasteiger partial charge in [-0.15, -0.1) is 0 Å². The average Bonchev–Trinajstić information content (AvgIpc) is 2.55. The molecule has 68 valence electrons. The van der Waals surface area contributed by atoms with Gasteiger partial charge >= 0.3 is 1.43 Å². The summed E-state index contributed by atoms with van der Waals surface area (Å²) >= 11 is 0. The fourth-order valence-electron chi connectivity index (χ4n) is 2.13. The van der Waals surface area contributed by atoms with Crippen LogP contribution in [0.15, 0.2) is 48.5 Å². The Labute approximate surface area is 84.1 Å². The molecule has 0 amide bonds. The van der Waals surface area contributed by atoms with E-state index in [1.54, 1.807) is 0 Å². The van der Waals surface area contributed by atoms with E-state index in [-0.39, 0.29) is 1.43 Å². The first-order valence-corrected chi connectivity index (χ1v) is 4.74. The summed E-state index contributed by atoms with van der Waals surface area (Å²) in [5, 5.41) is 10.0. The third-order valence-corrected chi connectivity index (χ3v) is 2.80. The lowest BCUT2D eigenvalue weighted by Crippen LogP contribution is -1.92. The average molecular weight is 183 g/mol. The summed E-state index contributed by atoms with van der Waals surface area (Å²) in [4.78, 5) is 0. The Kier molecular flexibility index (Phi) is 1.49. The molecule has 3 rings (SSSR count). The lowest BCUT2D eigenvalue weighted by atomic mass is 10.1. The van der Waals surface area contributed by atoms with Crippen molar-refractivity contribution in [2.24, 2.45) is 0 Å². The molecule has 1 N–H and O–H groups in total. The van der Waals surface area contributed by atoms with Crippen LogP contribution in [-0.2, 0) is 0 Å². The number of rotatable bonds is 0. The zero-order valence-electron chi connectivity index (χ0n) is 8.64. The number of benzene rings is 2. The quantitative estimate of drug-likeness (QED) is 0.665. The van der Waals surface area contributed by atoms with Crippen LogP contribution in [0.1, 0.15) is 18.7 Å². The van der Waals surface area contributed by atoms with Crippen molar-refractivity contribution < 1.29 is 6.53 Å². The molecule has 0 radical (unpaired) electrons. The van der Waals surface area contributed by atoms with Crippen LogP contribution in [0.25, 0.3) is 11.1 Å². The van der Waals surface area contributed by atoms with Crippen molar-refractivity contribution in [3.05, 3.63) is 59.7 Å². The summed E-state index contributed by atoms with van der Waals surface area (Å²) in [7, 11) is 0. The van der Waals surface area contributed by atoms with E-state index >= 15 is 0 Å². The summed E-state index contributed by atoms with van der Waals surface area (Å²) in [5.74, 6) is 0. The van der Waals surface area contributed by atoms with Gasteiger partial charge in [-0.2, -0.15) is 0 Å². The molecule has 0 bridgehead atoms. The first-order valence-electron chi connectivity index (χ1n) is 4.74. The normalized spacial score (nSPS) is 13.8. The van der Waals surface area contributed by atoms with Gasteiger partial charge in [0.25, 0.3) is 0 Å².